The Hall–Kier alpha value is -2.08. The molecule has 0 saturated carbocycles. The minimum atomic E-state index is -0.984. The Balaban J connectivity index is 2.51. The molecule has 1 aromatic heterocycles. The van der Waals surface area contributed by atoms with Gasteiger partial charge in [-0.15, -0.1) is 11.3 Å². The van der Waals surface area contributed by atoms with Crippen LogP contribution >= 0.6 is 11.3 Å². The minimum Gasteiger partial charge on any atom is -0.493 e. The second kappa shape index (κ2) is 5.05. The lowest BCUT2D eigenvalue weighted by molar-refractivity contribution is 0.0702. The SMILES string of the molecule is COc1ccc(-c2ncsc2C(=O)O)cc1OC. The average Bonchev–Trinajstić information content (AvgIpc) is 2.87. The van der Waals surface area contributed by atoms with Crippen molar-refractivity contribution in [3.8, 4) is 22.8 Å². The topological polar surface area (TPSA) is 68.7 Å². The fourth-order valence-corrected chi connectivity index (χ4v) is 2.23. The molecular weight excluding hydrogens is 254 g/mol. The standard InChI is InChI=1S/C12H11NO4S/c1-16-8-4-3-7(5-9(8)17-2)10-11(12(14)15)18-6-13-10/h3-6H,1-2H3,(H,14,15). The molecule has 2 rings (SSSR count). The van der Waals surface area contributed by atoms with E-state index in [2.05, 4.69) is 4.98 Å². The van der Waals surface area contributed by atoms with Gasteiger partial charge in [0.15, 0.2) is 11.5 Å². The summed E-state index contributed by atoms with van der Waals surface area (Å²) < 4.78 is 10.3. The predicted molar refractivity (Wildman–Crippen MR) is 67.6 cm³/mol. The third-order valence-corrected chi connectivity index (χ3v) is 3.23. The summed E-state index contributed by atoms with van der Waals surface area (Å²) in [5, 5.41) is 9.06. The van der Waals surface area contributed by atoms with Gasteiger partial charge in [-0.05, 0) is 18.2 Å². The number of benzene rings is 1. The lowest BCUT2D eigenvalue weighted by Gasteiger charge is -2.08. The second-order valence-electron chi connectivity index (χ2n) is 3.41. The maximum absolute atomic E-state index is 11.0. The number of carboxylic acids is 1. The van der Waals surface area contributed by atoms with Crippen molar-refractivity contribution in [3.63, 3.8) is 0 Å². The van der Waals surface area contributed by atoms with E-state index in [1.54, 1.807) is 25.3 Å². The molecule has 5 nitrogen and oxygen atoms in total. The highest BCUT2D eigenvalue weighted by molar-refractivity contribution is 7.12. The van der Waals surface area contributed by atoms with Crippen molar-refractivity contribution in [2.45, 2.75) is 0 Å². The number of methoxy groups -OCH3 is 2. The lowest BCUT2D eigenvalue weighted by Crippen LogP contribution is -1.96. The quantitative estimate of drug-likeness (QED) is 0.920. The van der Waals surface area contributed by atoms with Gasteiger partial charge >= 0.3 is 5.97 Å². The van der Waals surface area contributed by atoms with E-state index in [1.165, 1.54) is 12.6 Å². The van der Waals surface area contributed by atoms with Gasteiger partial charge in [-0.3, -0.25) is 0 Å². The zero-order valence-corrected chi connectivity index (χ0v) is 10.7. The van der Waals surface area contributed by atoms with Crippen LogP contribution in [0.15, 0.2) is 23.7 Å². The van der Waals surface area contributed by atoms with Crippen LogP contribution in [-0.2, 0) is 0 Å². The number of carboxylic acid groups (broad SMARTS) is 1. The highest BCUT2D eigenvalue weighted by Gasteiger charge is 2.16. The van der Waals surface area contributed by atoms with Crippen LogP contribution in [0.25, 0.3) is 11.3 Å². The predicted octanol–water partition coefficient (Wildman–Crippen LogP) is 2.53. The summed E-state index contributed by atoms with van der Waals surface area (Å²) in [5.41, 5.74) is 2.63. The first kappa shape index (κ1) is 12.4. The number of nitrogens with zero attached hydrogens (tertiary/aromatic N) is 1. The largest absolute Gasteiger partial charge is 0.493 e. The van der Waals surface area contributed by atoms with Crippen molar-refractivity contribution in [1.82, 2.24) is 4.98 Å². The van der Waals surface area contributed by atoms with Crippen molar-refractivity contribution in [2.24, 2.45) is 0 Å². The van der Waals surface area contributed by atoms with Crippen LogP contribution in [0.5, 0.6) is 11.5 Å². The van der Waals surface area contributed by atoms with Gasteiger partial charge in [0, 0.05) is 5.56 Å². The number of hydrogen-bond acceptors (Lipinski definition) is 5. The molecule has 0 bridgehead atoms. The summed E-state index contributed by atoms with van der Waals surface area (Å²) in [4.78, 5) is 15.3. The molecule has 18 heavy (non-hydrogen) atoms. The first-order valence-electron chi connectivity index (χ1n) is 5.06. The molecule has 0 aliphatic heterocycles. The molecule has 0 amide bonds. The van der Waals surface area contributed by atoms with E-state index < -0.39 is 5.97 Å². The summed E-state index contributed by atoms with van der Waals surface area (Å²) in [7, 11) is 3.07. The molecule has 0 aliphatic carbocycles. The smallest absolute Gasteiger partial charge is 0.348 e. The number of thiazole rings is 1. The van der Waals surface area contributed by atoms with Crippen LogP contribution in [-0.4, -0.2) is 30.3 Å². The molecule has 1 N–H and O–H groups in total. The van der Waals surface area contributed by atoms with Crippen LogP contribution in [0, 0.1) is 0 Å². The van der Waals surface area contributed by atoms with Crippen molar-refractivity contribution < 1.29 is 19.4 Å². The molecule has 0 atom stereocenters. The number of rotatable bonds is 4. The van der Waals surface area contributed by atoms with Crippen LogP contribution in [0.4, 0.5) is 0 Å². The molecule has 6 heteroatoms. The fraction of sp³-hybridized carbons (Fsp3) is 0.167. The number of aromatic nitrogens is 1. The van der Waals surface area contributed by atoms with E-state index in [1.807, 2.05) is 0 Å². The Morgan fingerprint density at radius 2 is 2.00 bits per heavy atom. The Labute approximate surface area is 108 Å². The zero-order chi connectivity index (χ0) is 13.1. The fourth-order valence-electron chi connectivity index (χ4n) is 1.59. The van der Waals surface area contributed by atoms with E-state index in [4.69, 9.17) is 14.6 Å². The van der Waals surface area contributed by atoms with Crippen molar-refractivity contribution in [3.05, 3.63) is 28.6 Å². The summed E-state index contributed by atoms with van der Waals surface area (Å²) in [5.74, 6) is 0.148. The van der Waals surface area contributed by atoms with Crippen molar-refractivity contribution in [2.75, 3.05) is 14.2 Å². The lowest BCUT2D eigenvalue weighted by atomic mass is 10.1. The van der Waals surface area contributed by atoms with E-state index in [-0.39, 0.29) is 4.88 Å². The molecule has 0 unspecified atom stereocenters. The van der Waals surface area contributed by atoms with Crippen LogP contribution < -0.4 is 9.47 Å². The summed E-state index contributed by atoms with van der Waals surface area (Å²) in [6, 6.07) is 5.18. The van der Waals surface area contributed by atoms with Crippen LogP contribution in [0.3, 0.4) is 0 Å². The molecule has 0 aliphatic rings. The molecule has 0 fully saturated rings. The van der Waals surface area contributed by atoms with Gasteiger partial charge < -0.3 is 14.6 Å². The van der Waals surface area contributed by atoms with Gasteiger partial charge in [-0.1, -0.05) is 0 Å². The van der Waals surface area contributed by atoms with Gasteiger partial charge in [-0.25, -0.2) is 9.78 Å². The summed E-state index contributed by atoms with van der Waals surface area (Å²) in [6.07, 6.45) is 0. The second-order valence-corrected chi connectivity index (χ2v) is 4.26. The normalized spacial score (nSPS) is 10.1. The zero-order valence-electron chi connectivity index (χ0n) is 9.84. The monoisotopic (exact) mass is 265 g/mol. The van der Waals surface area contributed by atoms with E-state index in [0.29, 0.717) is 22.8 Å². The Morgan fingerprint density at radius 1 is 1.28 bits per heavy atom. The van der Waals surface area contributed by atoms with E-state index >= 15 is 0 Å². The third kappa shape index (κ3) is 2.14. The first-order valence-corrected chi connectivity index (χ1v) is 5.94. The highest BCUT2D eigenvalue weighted by Crippen LogP contribution is 2.33. The molecule has 0 saturated heterocycles. The van der Waals surface area contributed by atoms with Crippen LogP contribution in [0.2, 0.25) is 0 Å². The average molecular weight is 265 g/mol. The summed E-state index contributed by atoms with van der Waals surface area (Å²) >= 11 is 1.09. The van der Waals surface area contributed by atoms with Gasteiger partial charge in [-0.2, -0.15) is 0 Å². The van der Waals surface area contributed by atoms with Gasteiger partial charge in [0.2, 0.25) is 0 Å². The summed E-state index contributed by atoms with van der Waals surface area (Å²) in [6.45, 7) is 0. The van der Waals surface area contributed by atoms with Crippen molar-refractivity contribution >= 4 is 17.3 Å². The number of hydrogen-bond donors (Lipinski definition) is 1. The Morgan fingerprint density at radius 3 is 2.61 bits per heavy atom. The molecule has 94 valence electrons. The Kier molecular flexibility index (Phi) is 3.47. The first-order chi connectivity index (χ1) is 8.67. The number of ether oxygens (including phenoxy) is 2. The van der Waals surface area contributed by atoms with E-state index in [9.17, 15) is 4.79 Å². The number of carbonyl (C=O) groups is 1. The maximum Gasteiger partial charge on any atom is 0.348 e. The Bertz CT molecular complexity index is 579. The van der Waals surface area contributed by atoms with Gasteiger partial charge in [0.25, 0.3) is 0 Å². The maximum atomic E-state index is 11.0. The van der Waals surface area contributed by atoms with Crippen molar-refractivity contribution in [1.29, 1.82) is 0 Å². The van der Waals surface area contributed by atoms with Gasteiger partial charge in [0.05, 0.1) is 25.4 Å². The van der Waals surface area contributed by atoms with Gasteiger partial charge in [0.1, 0.15) is 4.88 Å². The number of aromatic carboxylic acids is 1. The minimum absolute atomic E-state index is 0.210. The molecule has 2 aromatic rings. The van der Waals surface area contributed by atoms with E-state index in [0.717, 1.165) is 11.3 Å². The third-order valence-electron chi connectivity index (χ3n) is 2.42. The molecular formula is C12H11NO4S. The highest BCUT2D eigenvalue weighted by atomic mass is 32.1. The molecule has 1 heterocycles. The van der Waals surface area contributed by atoms with Crippen LogP contribution in [0.1, 0.15) is 9.67 Å². The molecule has 0 spiro atoms. The molecule has 1 aromatic carbocycles. The molecule has 0 radical (unpaired) electrons.